The average molecular weight is 300 g/mol. The molecule has 0 aliphatic heterocycles. The quantitative estimate of drug-likeness (QED) is 0.849. The van der Waals surface area contributed by atoms with Crippen LogP contribution in [0, 0.1) is 0 Å². The van der Waals surface area contributed by atoms with E-state index in [9.17, 15) is 4.79 Å². The lowest BCUT2D eigenvalue weighted by Crippen LogP contribution is -2.33. The molecule has 1 aromatic rings. The first-order chi connectivity index (χ1) is 7.63. The highest BCUT2D eigenvalue weighted by Gasteiger charge is 2.32. The summed E-state index contributed by atoms with van der Waals surface area (Å²) in [7, 11) is 0. The van der Waals surface area contributed by atoms with Crippen molar-refractivity contribution in [3.8, 4) is 0 Å². The standard InChI is InChI=1S/C12H14BrNOS/c1-2-14(8-3-4-8)12(15)10-7-9(16)5-6-11(10)13/h5-8,16H,2-4H2,1H3. The fourth-order valence-electron chi connectivity index (χ4n) is 1.79. The highest BCUT2D eigenvalue weighted by Crippen LogP contribution is 2.30. The number of nitrogens with zero attached hydrogens (tertiary/aromatic N) is 1. The molecule has 2 rings (SSSR count). The van der Waals surface area contributed by atoms with Gasteiger partial charge in [-0.1, -0.05) is 0 Å². The van der Waals surface area contributed by atoms with Crippen molar-refractivity contribution in [1.29, 1.82) is 0 Å². The van der Waals surface area contributed by atoms with Crippen molar-refractivity contribution in [1.82, 2.24) is 4.90 Å². The first-order valence-electron chi connectivity index (χ1n) is 5.43. The number of halogens is 1. The van der Waals surface area contributed by atoms with E-state index in [0.717, 1.165) is 28.8 Å². The summed E-state index contributed by atoms with van der Waals surface area (Å²) < 4.78 is 0.842. The lowest BCUT2D eigenvalue weighted by molar-refractivity contribution is 0.0751. The minimum atomic E-state index is 0.104. The lowest BCUT2D eigenvalue weighted by atomic mass is 10.2. The van der Waals surface area contributed by atoms with E-state index in [1.807, 2.05) is 30.0 Å². The molecule has 1 aliphatic carbocycles. The molecule has 1 saturated carbocycles. The molecule has 0 spiro atoms. The molecule has 16 heavy (non-hydrogen) atoms. The van der Waals surface area contributed by atoms with Crippen molar-refractivity contribution in [3.05, 3.63) is 28.2 Å². The molecule has 4 heteroatoms. The van der Waals surface area contributed by atoms with Crippen LogP contribution in [-0.2, 0) is 0 Å². The fraction of sp³-hybridized carbons (Fsp3) is 0.417. The molecule has 1 aromatic carbocycles. The number of thiol groups is 1. The molecule has 0 aromatic heterocycles. The molecular formula is C12H14BrNOS. The summed E-state index contributed by atoms with van der Waals surface area (Å²) >= 11 is 7.69. The molecule has 0 radical (unpaired) electrons. The maximum absolute atomic E-state index is 12.3. The van der Waals surface area contributed by atoms with Gasteiger partial charge in [0.2, 0.25) is 0 Å². The average Bonchev–Trinajstić information content (AvgIpc) is 3.07. The van der Waals surface area contributed by atoms with E-state index >= 15 is 0 Å². The van der Waals surface area contributed by atoms with Crippen molar-refractivity contribution in [3.63, 3.8) is 0 Å². The molecule has 0 bridgehead atoms. The zero-order valence-corrected chi connectivity index (χ0v) is 11.6. The summed E-state index contributed by atoms with van der Waals surface area (Å²) in [5.74, 6) is 0.104. The van der Waals surface area contributed by atoms with E-state index < -0.39 is 0 Å². The molecule has 0 unspecified atom stereocenters. The number of rotatable bonds is 3. The Morgan fingerprint density at radius 2 is 2.25 bits per heavy atom. The first kappa shape index (κ1) is 12.0. The Labute approximate surface area is 110 Å². The number of amides is 1. The molecule has 0 N–H and O–H groups in total. The second-order valence-electron chi connectivity index (χ2n) is 3.99. The van der Waals surface area contributed by atoms with Gasteiger partial charge in [-0.2, -0.15) is 0 Å². The minimum absolute atomic E-state index is 0.104. The summed E-state index contributed by atoms with van der Waals surface area (Å²) in [5.41, 5.74) is 0.709. The van der Waals surface area contributed by atoms with Crippen molar-refractivity contribution < 1.29 is 4.79 Å². The Kier molecular flexibility index (Phi) is 3.60. The molecule has 0 atom stereocenters. The fourth-order valence-corrected chi connectivity index (χ4v) is 2.41. The van der Waals surface area contributed by atoms with E-state index in [1.54, 1.807) is 0 Å². The van der Waals surface area contributed by atoms with Gasteiger partial charge >= 0.3 is 0 Å². The molecule has 1 amide bonds. The van der Waals surface area contributed by atoms with Gasteiger partial charge in [-0.15, -0.1) is 12.6 Å². The predicted molar refractivity (Wildman–Crippen MR) is 71.1 cm³/mol. The van der Waals surface area contributed by atoms with E-state index in [1.165, 1.54) is 0 Å². The topological polar surface area (TPSA) is 20.3 Å². The van der Waals surface area contributed by atoms with Gasteiger partial charge < -0.3 is 4.90 Å². The monoisotopic (exact) mass is 299 g/mol. The third-order valence-electron chi connectivity index (χ3n) is 2.77. The third-order valence-corrected chi connectivity index (χ3v) is 3.74. The third kappa shape index (κ3) is 2.43. The van der Waals surface area contributed by atoms with Gasteiger partial charge in [-0.25, -0.2) is 0 Å². The normalized spacial score (nSPS) is 14.9. The van der Waals surface area contributed by atoms with Gasteiger partial charge in [0.25, 0.3) is 5.91 Å². The van der Waals surface area contributed by atoms with E-state index in [-0.39, 0.29) is 5.91 Å². The van der Waals surface area contributed by atoms with Gasteiger partial charge in [0.05, 0.1) is 5.56 Å². The Bertz CT molecular complexity index is 417. The predicted octanol–water partition coefficient (Wildman–Crippen LogP) is 3.36. The van der Waals surface area contributed by atoms with Gasteiger partial charge in [0.1, 0.15) is 0 Å². The Morgan fingerprint density at radius 1 is 1.56 bits per heavy atom. The van der Waals surface area contributed by atoms with Crippen LogP contribution in [0.25, 0.3) is 0 Å². The molecule has 0 saturated heterocycles. The van der Waals surface area contributed by atoms with Crippen LogP contribution in [0.5, 0.6) is 0 Å². The summed E-state index contributed by atoms with van der Waals surface area (Å²) in [4.78, 5) is 15.0. The van der Waals surface area contributed by atoms with Gasteiger partial charge in [0, 0.05) is 22.0 Å². The van der Waals surface area contributed by atoms with Crippen LogP contribution in [0.4, 0.5) is 0 Å². The zero-order valence-electron chi connectivity index (χ0n) is 9.11. The minimum Gasteiger partial charge on any atom is -0.336 e. The largest absolute Gasteiger partial charge is 0.336 e. The molecule has 0 heterocycles. The van der Waals surface area contributed by atoms with Crippen molar-refractivity contribution in [2.24, 2.45) is 0 Å². The SMILES string of the molecule is CCN(C(=O)c1cc(S)ccc1Br)C1CC1. The van der Waals surface area contributed by atoms with Gasteiger partial charge in [0.15, 0.2) is 0 Å². The molecule has 1 fully saturated rings. The molecule has 2 nitrogen and oxygen atoms in total. The summed E-state index contributed by atoms with van der Waals surface area (Å²) in [5, 5.41) is 0. The maximum Gasteiger partial charge on any atom is 0.255 e. The molecular weight excluding hydrogens is 286 g/mol. The number of hydrogen-bond acceptors (Lipinski definition) is 2. The van der Waals surface area contributed by atoms with E-state index in [4.69, 9.17) is 0 Å². The van der Waals surface area contributed by atoms with E-state index in [0.29, 0.717) is 11.6 Å². The smallest absolute Gasteiger partial charge is 0.255 e. The van der Waals surface area contributed by atoms with Crippen LogP contribution in [0.3, 0.4) is 0 Å². The van der Waals surface area contributed by atoms with Crippen LogP contribution >= 0.6 is 28.6 Å². The molecule has 1 aliphatic rings. The van der Waals surface area contributed by atoms with Crippen LogP contribution in [-0.4, -0.2) is 23.4 Å². The van der Waals surface area contributed by atoms with Gasteiger partial charge in [-0.3, -0.25) is 4.79 Å². The van der Waals surface area contributed by atoms with Crippen LogP contribution in [0.15, 0.2) is 27.6 Å². The zero-order chi connectivity index (χ0) is 11.7. The highest BCUT2D eigenvalue weighted by atomic mass is 79.9. The summed E-state index contributed by atoms with van der Waals surface area (Å²) in [6.45, 7) is 2.79. The molecule has 86 valence electrons. The van der Waals surface area contributed by atoms with Gasteiger partial charge in [-0.05, 0) is 53.9 Å². The van der Waals surface area contributed by atoms with Crippen molar-refractivity contribution >= 4 is 34.5 Å². The van der Waals surface area contributed by atoms with Crippen LogP contribution < -0.4 is 0 Å². The Balaban J connectivity index is 2.28. The summed E-state index contributed by atoms with van der Waals surface area (Å²) in [6.07, 6.45) is 2.27. The summed E-state index contributed by atoms with van der Waals surface area (Å²) in [6, 6.07) is 6.02. The van der Waals surface area contributed by atoms with Crippen LogP contribution in [0.2, 0.25) is 0 Å². The number of carbonyl (C=O) groups is 1. The Morgan fingerprint density at radius 3 is 2.81 bits per heavy atom. The maximum atomic E-state index is 12.3. The Hall–Kier alpha value is -0.480. The second kappa shape index (κ2) is 4.80. The number of carbonyl (C=O) groups excluding carboxylic acids is 1. The number of benzene rings is 1. The second-order valence-corrected chi connectivity index (χ2v) is 5.36. The van der Waals surface area contributed by atoms with Crippen molar-refractivity contribution in [2.45, 2.75) is 30.7 Å². The number of hydrogen-bond donors (Lipinski definition) is 1. The highest BCUT2D eigenvalue weighted by molar-refractivity contribution is 9.10. The first-order valence-corrected chi connectivity index (χ1v) is 6.67. The lowest BCUT2D eigenvalue weighted by Gasteiger charge is -2.21. The van der Waals surface area contributed by atoms with Crippen LogP contribution in [0.1, 0.15) is 30.1 Å². The van der Waals surface area contributed by atoms with E-state index in [2.05, 4.69) is 28.6 Å². The van der Waals surface area contributed by atoms with Crippen molar-refractivity contribution in [2.75, 3.05) is 6.54 Å².